The Morgan fingerprint density at radius 2 is 1.81 bits per heavy atom. The van der Waals surface area contributed by atoms with Crippen LogP contribution in [-0.2, 0) is 30.3 Å². The monoisotopic (exact) mass is 467 g/mol. The SMILES string of the molecule is COS(=O)(=O)C(c1ccccc1[N+](=O)[O-])C1C(=O)N(C)C(Cc2cccs2)C(=O)N1C. The smallest absolute Gasteiger partial charge is 0.277 e. The van der Waals surface area contributed by atoms with Gasteiger partial charge in [-0.25, -0.2) is 0 Å². The average Bonchev–Trinajstić information content (AvgIpc) is 3.26. The molecule has 3 rings (SSSR count). The zero-order chi connectivity index (χ0) is 22.9. The molecule has 1 fully saturated rings. The van der Waals surface area contributed by atoms with E-state index >= 15 is 0 Å². The number of rotatable bonds is 7. The number of thiophene rings is 1. The first kappa shape index (κ1) is 22.8. The molecule has 12 heteroatoms. The Bertz CT molecular complexity index is 1100. The molecule has 1 aliphatic heterocycles. The van der Waals surface area contributed by atoms with Gasteiger partial charge in [-0.3, -0.25) is 23.9 Å². The standard InChI is InChI=1S/C19H21N3O7S2/c1-20-15(11-12-7-6-10-30-12)18(23)21(2)16(19(20)24)17(31(27,28)29-3)13-8-4-5-9-14(13)22(25)26/h4-10,15-17H,11H2,1-3H3. The molecule has 1 aromatic heterocycles. The lowest BCUT2D eigenvalue weighted by Gasteiger charge is -2.44. The van der Waals surface area contributed by atoms with E-state index in [0.29, 0.717) is 0 Å². The Kier molecular flexibility index (Phi) is 6.43. The molecular weight excluding hydrogens is 446 g/mol. The third-order valence-electron chi connectivity index (χ3n) is 5.36. The van der Waals surface area contributed by atoms with Gasteiger partial charge in [0.1, 0.15) is 17.3 Å². The van der Waals surface area contributed by atoms with Crippen molar-refractivity contribution in [3.8, 4) is 0 Å². The zero-order valence-corrected chi connectivity index (χ0v) is 18.6. The molecule has 0 radical (unpaired) electrons. The molecule has 0 saturated carbocycles. The van der Waals surface area contributed by atoms with E-state index in [9.17, 15) is 28.1 Å². The number of hydrogen-bond donors (Lipinski definition) is 0. The maximum absolute atomic E-state index is 13.3. The summed E-state index contributed by atoms with van der Waals surface area (Å²) < 4.78 is 30.4. The van der Waals surface area contributed by atoms with Gasteiger partial charge in [-0.05, 0) is 11.4 Å². The molecule has 0 aliphatic carbocycles. The molecule has 0 spiro atoms. The molecule has 3 atom stereocenters. The van der Waals surface area contributed by atoms with Gasteiger partial charge >= 0.3 is 0 Å². The number of amides is 2. The van der Waals surface area contributed by atoms with E-state index in [-0.39, 0.29) is 12.0 Å². The van der Waals surface area contributed by atoms with E-state index in [1.54, 1.807) is 0 Å². The predicted octanol–water partition coefficient (Wildman–Crippen LogP) is 1.58. The topological polar surface area (TPSA) is 127 Å². The van der Waals surface area contributed by atoms with Gasteiger partial charge in [-0.1, -0.05) is 24.3 Å². The van der Waals surface area contributed by atoms with E-state index in [1.807, 2.05) is 17.5 Å². The van der Waals surface area contributed by atoms with Crippen LogP contribution in [-0.4, -0.2) is 68.2 Å². The van der Waals surface area contributed by atoms with E-state index in [0.717, 1.165) is 23.0 Å². The van der Waals surface area contributed by atoms with Gasteiger partial charge in [0.2, 0.25) is 11.8 Å². The average molecular weight is 468 g/mol. The minimum absolute atomic E-state index is 0.225. The van der Waals surface area contributed by atoms with Crippen LogP contribution in [0.2, 0.25) is 0 Å². The summed E-state index contributed by atoms with van der Waals surface area (Å²) in [6, 6.07) is 6.55. The second kappa shape index (κ2) is 8.73. The summed E-state index contributed by atoms with van der Waals surface area (Å²) in [6.45, 7) is 0. The lowest BCUT2D eigenvalue weighted by Crippen LogP contribution is -2.65. The van der Waals surface area contributed by atoms with Crippen LogP contribution in [0.15, 0.2) is 41.8 Å². The molecule has 1 aromatic carbocycles. The first-order valence-corrected chi connectivity index (χ1v) is 11.5. The van der Waals surface area contributed by atoms with Crippen LogP contribution in [0.3, 0.4) is 0 Å². The fourth-order valence-electron chi connectivity index (χ4n) is 3.72. The number of hydrogen-bond acceptors (Lipinski definition) is 8. The first-order valence-electron chi connectivity index (χ1n) is 9.18. The molecule has 2 amide bonds. The third-order valence-corrected chi connectivity index (χ3v) is 7.86. The van der Waals surface area contributed by atoms with Crippen LogP contribution in [0, 0.1) is 10.1 Å². The number of piperazine rings is 1. The summed E-state index contributed by atoms with van der Waals surface area (Å²) in [5, 5.41) is 11.6. The number of carbonyl (C=O) groups excluding carboxylic acids is 2. The normalized spacial score (nSPS) is 20.7. The molecule has 3 unspecified atom stereocenters. The van der Waals surface area contributed by atoms with Crippen molar-refractivity contribution in [2.24, 2.45) is 0 Å². The van der Waals surface area contributed by atoms with Crippen molar-refractivity contribution in [3.63, 3.8) is 0 Å². The summed E-state index contributed by atoms with van der Waals surface area (Å²) in [6.07, 6.45) is 0.281. The number of benzene rings is 1. The van der Waals surface area contributed by atoms with Gasteiger partial charge < -0.3 is 9.80 Å². The maximum atomic E-state index is 13.3. The molecule has 31 heavy (non-hydrogen) atoms. The quantitative estimate of drug-likeness (QED) is 0.344. The summed E-state index contributed by atoms with van der Waals surface area (Å²) in [7, 11) is -0.830. The summed E-state index contributed by atoms with van der Waals surface area (Å²) in [5.41, 5.74) is -0.706. The molecule has 166 valence electrons. The largest absolute Gasteiger partial charge is 0.332 e. The predicted molar refractivity (Wildman–Crippen MR) is 113 cm³/mol. The minimum Gasteiger partial charge on any atom is -0.332 e. The van der Waals surface area contributed by atoms with Crippen molar-refractivity contribution in [2.45, 2.75) is 23.8 Å². The molecule has 1 aliphatic rings. The van der Waals surface area contributed by atoms with Gasteiger partial charge in [0, 0.05) is 31.5 Å². The summed E-state index contributed by atoms with van der Waals surface area (Å²) in [4.78, 5) is 40.4. The van der Waals surface area contributed by atoms with E-state index < -0.39 is 49.9 Å². The van der Waals surface area contributed by atoms with Crippen molar-refractivity contribution in [1.29, 1.82) is 0 Å². The lowest BCUT2D eigenvalue weighted by atomic mass is 9.96. The maximum Gasteiger partial charge on any atom is 0.277 e. The van der Waals surface area contributed by atoms with Crippen LogP contribution < -0.4 is 0 Å². The number of nitrogens with zero attached hydrogens (tertiary/aromatic N) is 3. The van der Waals surface area contributed by atoms with Crippen molar-refractivity contribution in [1.82, 2.24) is 9.80 Å². The first-order chi connectivity index (χ1) is 14.6. The lowest BCUT2D eigenvalue weighted by molar-refractivity contribution is -0.385. The summed E-state index contributed by atoms with van der Waals surface area (Å²) in [5.74, 6) is -1.11. The molecule has 2 aromatic rings. The molecule has 10 nitrogen and oxygen atoms in total. The Hall–Kier alpha value is -2.83. The van der Waals surface area contributed by atoms with Crippen LogP contribution in [0.4, 0.5) is 5.69 Å². The van der Waals surface area contributed by atoms with Crippen LogP contribution in [0.25, 0.3) is 0 Å². The molecule has 1 saturated heterocycles. The van der Waals surface area contributed by atoms with Crippen molar-refractivity contribution < 1.29 is 27.1 Å². The van der Waals surface area contributed by atoms with Gasteiger partial charge in [0.05, 0.1) is 17.6 Å². The van der Waals surface area contributed by atoms with Crippen molar-refractivity contribution in [2.75, 3.05) is 21.2 Å². The van der Waals surface area contributed by atoms with Gasteiger partial charge in [0.15, 0.2) is 0 Å². The highest BCUT2D eigenvalue weighted by Gasteiger charge is 2.52. The fourth-order valence-corrected chi connectivity index (χ4v) is 5.80. The number of para-hydroxylation sites is 1. The highest BCUT2D eigenvalue weighted by molar-refractivity contribution is 7.87. The second-order valence-electron chi connectivity index (χ2n) is 7.04. The van der Waals surface area contributed by atoms with E-state index in [4.69, 9.17) is 0 Å². The number of nitro groups is 1. The van der Waals surface area contributed by atoms with Crippen LogP contribution >= 0.6 is 11.3 Å². The van der Waals surface area contributed by atoms with E-state index in [2.05, 4.69) is 4.18 Å². The number of likely N-dealkylation sites (N-methyl/N-ethyl adjacent to an activating group) is 2. The zero-order valence-electron chi connectivity index (χ0n) is 17.0. The third kappa shape index (κ3) is 4.18. The van der Waals surface area contributed by atoms with Gasteiger partial charge in [-0.15, -0.1) is 11.3 Å². The molecule has 2 heterocycles. The summed E-state index contributed by atoms with van der Waals surface area (Å²) >= 11 is 1.44. The highest BCUT2D eigenvalue weighted by atomic mass is 32.2. The molecule has 0 N–H and O–H groups in total. The highest BCUT2D eigenvalue weighted by Crippen LogP contribution is 2.38. The van der Waals surface area contributed by atoms with Crippen molar-refractivity contribution in [3.05, 3.63) is 62.3 Å². The molecule has 0 bridgehead atoms. The molecular formula is C19H21N3O7S2. The Labute approximate surface area is 183 Å². The Morgan fingerprint density at radius 1 is 1.13 bits per heavy atom. The second-order valence-corrected chi connectivity index (χ2v) is 9.90. The van der Waals surface area contributed by atoms with Crippen LogP contribution in [0.5, 0.6) is 0 Å². The van der Waals surface area contributed by atoms with Crippen molar-refractivity contribution >= 4 is 39.0 Å². The van der Waals surface area contributed by atoms with E-state index in [1.165, 1.54) is 48.5 Å². The minimum atomic E-state index is -4.49. The van der Waals surface area contributed by atoms with Crippen LogP contribution in [0.1, 0.15) is 15.7 Å². The Balaban J connectivity index is 2.10. The van der Waals surface area contributed by atoms with Gasteiger partial charge in [-0.2, -0.15) is 8.42 Å². The Morgan fingerprint density at radius 3 is 2.39 bits per heavy atom. The number of nitro benzene ring substituents is 1. The number of carbonyl (C=O) groups is 2. The fraction of sp³-hybridized carbons (Fsp3) is 0.368. The van der Waals surface area contributed by atoms with Gasteiger partial charge in [0.25, 0.3) is 15.8 Å².